The molecule has 0 spiro atoms. The Kier molecular flexibility index (Phi) is 7.53. The van der Waals surface area contributed by atoms with Crippen molar-refractivity contribution >= 4 is 11.8 Å². The standard InChI is InChI=1S/C19H28FN3O3/c1-13(2)18(22-14(3)24)19(25)21-12-17(23-8-10-26-11-9-23)15-4-6-16(20)7-5-15/h4-7,13,17-18H,8-12H2,1-3H3,(H,21,25)(H,22,24)/t17-,18-/m0/s1. The molecule has 144 valence electrons. The van der Waals surface area contributed by atoms with Gasteiger partial charge >= 0.3 is 0 Å². The molecule has 2 N–H and O–H groups in total. The maximum atomic E-state index is 13.3. The highest BCUT2D eigenvalue weighted by Crippen LogP contribution is 2.22. The Hall–Kier alpha value is -1.99. The van der Waals surface area contributed by atoms with E-state index < -0.39 is 6.04 Å². The minimum atomic E-state index is -0.578. The Balaban J connectivity index is 2.09. The van der Waals surface area contributed by atoms with Gasteiger partial charge < -0.3 is 15.4 Å². The highest BCUT2D eigenvalue weighted by Gasteiger charge is 2.27. The van der Waals surface area contributed by atoms with Crippen molar-refractivity contribution in [1.82, 2.24) is 15.5 Å². The second-order valence-corrected chi connectivity index (χ2v) is 6.88. The fourth-order valence-corrected chi connectivity index (χ4v) is 3.09. The maximum absolute atomic E-state index is 13.3. The van der Waals surface area contributed by atoms with E-state index in [-0.39, 0.29) is 29.6 Å². The van der Waals surface area contributed by atoms with Crippen LogP contribution in [-0.2, 0) is 14.3 Å². The van der Waals surface area contributed by atoms with Crippen LogP contribution in [0.25, 0.3) is 0 Å². The van der Waals surface area contributed by atoms with Crippen molar-refractivity contribution < 1.29 is 18.7 Å². The number of ether oxygens (including phenoxy) is 1. The van der Waals surface area contributed by atoms with Crippen molar-refractivity contribution in [3.63, 3.8) is 0 Å². The van der Waals surface area contributed by atoms with Gasteiger partial charge in [-0.05, 0) is 23.6 Å². The Morgan fingerprint density at radius 2 is 1.81 bits per heavy atom. The number of hydrogen-bond donors (Lipinski definition) is 2. The van der Waals surface area contributed by atoms with Crippen LogP contribution in [0.3, 0.4) is 0 Å². The molecular formula is C19H28FN3O3. The molecule has 26 heavy (non-hydrogen) atoms. The van der Waals surface area contributed by atoms with Gasteiger partial charge in [0.05, 0.1) is 19.3 Å². The summed E-state index contributed by atoms with van der Waals surface area (Å²) in [6, 6.07) is 5.70. The quantitative estimate of drug-likeness (QED) is 0.768. The third kappa shape index (κ3) is 5.78. The molecule has 0 aromatic heterocycles. The average molecular weight is 365 g/mol. The summed E-state index contributed by atoms with van der Waals surface area (Å²) in [6.45, 7) is 8.32. The third-order valence-electron chi connectivity index (χ3n) is 4.52. The molecule has 2 atom stereocenters. The second-order valence-electron chi connectivity index (χ2n) is 6.88. The summed E-state index contributed by atoms with van der Waals surface area (Å²) in [5.74, 6) is -0.756. The first-order chi connectivity index (χ1) is 12.4. The Bertz CT molecular complexity index is 601. The molecule has 1 saturated heterocycles. The number of nitrogens with one attached hydrogen (secondary N) is 2. The van der Waals surface area contributed by atoms with Gasteiger partial charge in [-0.3, -0.25) is 14.5 Å². The fraction of sp³-hybridized carbons (Fsp3) is 0.579. The number of morpholine rings is 1. The second kappa shape index (κ2) is 9.64. The topological polar surface area (TPSA) is 70.7 Å². The van der Waals surface area contributed by atoms with Gasteiger partial charge in [0.2, 0.25) is 11.8 Å². The molecule has 0 bridgehead atoms. The first kappa shape index (κ1) is 20.3. The van der Waals surface area contributed by atoms with Crippen LogP contribution in [0.2, 0.25) is 0 Å². The van der Waals surface area contributed by atoms with Crippen molar-refractivity contribution in [2.24, 2.45) is 5.92 Å². The van der Waals surface area contributed by atoms with Crippen LogP contribution in [0.5, 0.6) is 0 Å². The lowest BCUT2D eigenvalue weighted by molar-refractivity contribution is -0.129. The van der Waals surface area contributed by atoms with Gasteiger partial charge in [-0.2, -0.15) is 0 Å². The number of carbonyl (C=O) groups is 2. The van der Waals surface area contributed by atoms with Crippen LogP contribution >= 0.6 is 0 Å². The van der Waals surface area contributed by atoms with Crippen molar-refractivity contribution in [2.75, 3.05) is 32.8 Å². The van der Waals surface area contributed by atoms with E-state index in [0.717, 1.165) is 18.7 Å². The molecule has 1 fully saturated rings. The first-order valence-electron chi connectivity index (χ1n) is 9.00. The summed E-state index contributed by atoms with van der Waals surface area (Å²) in [7, 11) is 0. The van der Waals surface area contributed by atoms with E-state index in [9.17, 15) is 14.0 Å². The minimum absolute atomic E-state index is 0.0217. The Morgan fingerprint density at radius 3 is 2.35 bits per heavy atom. The predicted molar refractivity (Wildman–Crippen MR) is 97.0 cm³/mol. The van der Waals surface area contributed by atoms with Gasteiger partial charge in [0.1, 0.15) is 11.9 Å². The zero-order valence-electron chi connectivity index (χ0n) is 15.6. The normalized spacial score (nSPS) is 17.6. The molecule has 6 nitrogen and oxygen atoms in total. The number of carbonyl (C=O) groups excluding carboxylic acids is 2. The first-order valence-corrected chi connectivity index (χ1v) is 9.00. The zero-order chi connectivity index (χ0) is 19.1. The molecular weight excluding hydrogens is 337 g/mol. The van der Waals surface area contributed by atoms with Crippen molar-refractivity contribution in [3.05, 3.63) is 35.6 Å². The molecule has 7 heteroatoms. The van der Waals surface area contributed by atoms with Crippen molar-refractivity contribution in [3.8, 4) is 0 Å². The van der Waals surface area contributed by atoms with Crippen LogP contribution in [-0.4, -0.2) is 55.6 Å². The molecule has 1 aromatic rings. The summed E-state index contributed by atoms with van der Waals surface area (Å²) in [6.07, 6.45) is 0. The molecule has 1 aromatic carbocycles. The third-order valence-corrected chi connectivity index (χ3v) is 4.52. The van der Waals surface area contributed by atoms with Crippen LogP contribution < -0.4 is 10.6 Å². The number of nitrogens with zero attached hydrogens (tertiary/aromatic N) is 1. The van der Waals surface area contributed by atoms with E-state index in [4.69, 9.17) is 4.74 Å². The molecule has 0 saturated carbocycles. The largest absolute Gasteiger partial charge is 0.379 e. The van der Waals surface area contributed by atoms with Gasteiger partial charge in [-0.1, -0.05) is 26.0 Å². The lowest BCUT2D eigenvalue weighted by Crippen LogP contribution is -2.51. The van der Waals surface area contributed by atoms with Crippen molar-refractivity contribution in [1.29, 1.82) is 0 Å². The van der Waals surface area contributed by atoms with E-state index in [0.29, 0.717) is 19.8 Å². The minimum Gasteiger partial charge on any atom is -0.379 e. The molecule has 2 rings (SSSR count). The smallest absolute Gasteiger partial charge is 0.242 e. The van der Waals surface area contributed by atoms with Gasteiger partial charge in [0, 0.05) is 26.6 Å². The number of hydrogen-bond acceptors (Lipinski definition) is 4. The van der Waals surface area contributed by atoms with Crippen molar-refractivity contribution in [2.45, 2.75) is 32.9 Å². The van der Waals surface area contributed by atoms with E-state index in [1.54, 1.807) is 12.1 Å². The van der Waals surface area contributed by atoms with E-state index in [1.807, 2.05) is 13.8 Å². The molecule has 0 radical (unpaired) electrons. The number of amides is 2. The summed E-state index contributed by atoms with van der Waals surface area (Å²) in [5.41, 5.74) is 0.939. The van der Waals surface area contributed by atoms with Gasteiger partial charge in [0.25, 0.3) is 0 Å². The Labute approximate surface area is 154 Å². The fourth-order valence-electron chi connectivity index (χ4n) is 3.09. The SMILES string of the molecule is CC(=O)N[C@H](C(=O)NC[C@@H](c1ccc(F)cc1)N1CCOCC1)C(C)C. The molecule has 1 heterocycles. The number of rotatable bonds is 7. The van der Waals surface area contributed by atoms with Crippen LogP contribution in [0.1, 0.15) is 32.4 Å². The number of benzene rings is 1. The van der Waals surface area contributed by atoms with E-state index in [1.165, 1.54) is 19.1 Å². The molecule has 2 amide bonds. The Morgan fingerprint density at radius 1 is 1.19 bits per heavy atom. The van der Waals surface area contributed by atoms with E-state index in [2.05, 4.69) is 15.5 Å². The molecule has 1 aliphatic rings. The van der Waals surface area contributed by atoms with Gasteiger partial charge in [-0.15, -0.1) is 0 Å². The zero-order valence-corrected chi connectivity index (χ0v) is 15.6. The summed E-state index contributed by atoms with van der Waals surface area (Å²) >= 11 is 0. The highest BCUT2D eigenvalue weighted by atomic mass is 19.1. The number of halogens is 1. The maximum Gasteiger partial charge on any atom is 0.242 e. The summed E-state index contributed by atoms with van der Waals surface area (Å²) in [4.78, 5) is 26.1. The summed E-state index contributed by atoms with van der Waals surface area (Å²) < 4.78 is 18.7. The van der Waals surface area contributed by atoms with Crippen LogP contribution in [0.15, 0.2) is 24.3 Å². The molecule has 1 aliphatic heterocycles. The van der Waals surface area contributed by atoms with Crippen LogP contribution in [0, 0.1) is 11.7 Å². The monoisotopic (exact) mass is 365 g/mol. The average Bonchev–Trinajstić information content (AvgIpc) is 2.61. The van der Waals surface area contributed by atoms with Crippen LogP contribution in [0.4, 0.5) is 4.39 Å². The molecule has 0 aliphatic carbocycles. The summed E-state index contributed by atoms with van der Waals surface area (Å²) in [5, 5.41) is 5.65. The predicted octanol–water partition coefficient (Wildman–Crippen LogP) is 1.48. The lowest BCUT2D eigenvalue weighted by atomic mass is 10.0. The lowest BCUT2D eigenvalue weighted by Gasteiger charge is -2.35. The van der Waals surface area contributed by atoms with Gasteiger partial charge in [-0.25, -0.2) is 4.39 Å². The van der Waals surface area contributed by atoms with E-state index >= 15 is 0 Å². The molecule has 0 unspecified atom stereocenters. The highest BCUT2D eigenvalue weighted by molar-refractivity contribution is 5.87. The van der Waals surface area contributed by atoms with Gasteiger partial charge in [0.15, 0.2) is 0 Å².